The molecule has 41 heavy (non-hydrogen) atoms. The number of aldehydes is 1. The molecule has 2 aromatic carbocycles. The van der Waals surface area contributed by atoms with Crippen LogP contribution in [0.25, 0.3) is 0 Å². The molecule has 1 atom stereocenters. The van der Waals surface area contributed by atoms with Gasteiger partial charge in [-0.1, -0.05) is 55.1 Å². The van der Waals surface area contributed by atoms with Gasteiger partial charge in [-0.2, -0.15) is 0 Å². The van der Waals surface area contributed by atoms with Gasteiger partial charge in [0.2, 0.25) is 0 Å². The van der Waals surface area contributed by atoms with E-state index in [2.05, 4.69) is 34.5 Å². The molecule has 0 aromatic heterocycles. The molecule has 3 saturated heterocycles. The Kier molecular flexibility index (Phi) is 9.66. The largest absolute Gasteiger partial charge is 0.496 e. The molecular weight excluding hydrogens is 540 g/mol. The second-order valence-electron chi connectivity index (χ2n) is 11.8. The second kappa shape index (κ2) is 13.4. The SMILES string of the molecule is COc1cc(C(=O)NCCCCc2cccc(C3(C(=O)OC4CN5CCC4CC5)CCCCC3)c2)c(Cl)cc1C=O. The highest BCUT2D eigenvalue weighted by atomic mass is 35.5. The number of nitrogens with zero attached hydrogens (tertiary/aromatic N) is 1. The molecule has 6 rings (SSSR count). The van der Waals surface area contributed by atoms with Gasteiger partial charge in [0, 0.05) is 13.1 Å². The van der Waals surface area contributed by atoms with Gasteiger partial charge in [-0.15, -0.1) is 0 Å². The first-order chi connectivity index (χ1) is 19.9. The summed E-state index contributed by atoms with van der Waals surface area (Å²) in [6, 6.07) is 11.5. The van der Waals surface area contributed by atoms with Gasteiger partial charge in [-0.25, -0.2) is 0 Å². The summed E-state index contributed by atoms with van der Waals surface area (Å²) < 4.78 is 11.5. The zero-order valence-corrected chi connectivity index (χ0v) is 24.7. The first-order valence-corrected chi connectivity index (χ1v) is 15.4. The Balaban J connectivity index is 1.17. The number of fused-ring (bicyclic) bond motifs is 3. The minimum absolute atomic E-state index is 0.0210. The number of benzene rings is 2. The van der Waals surface area contributed by atoms with Gasteiger partial charge in [0.15, 0.2) is 6.29 Å². The molecule has 1 unspecified atom stereocenters. The molecule has 0 radical (unpaired) electrons. The highest BCUT2D eigenvalue weighted by Crippen LogP contribution is 2.42. The topological polar surface area (TPSA) is 84.9 Å². The lowest BCUT2D eigenvalue weighted by molar-refractivity contribution is -0.167. The van der Waals surface area contributed by atoms with Crippen molar-refractivity contribution in [1.29, 1.82) is 0 Å². The van der Waals surface area contributed by atoms with Gasteiger partial charge in [-0.3, -0.25) is 19.3 Å². The van der Waals surface area contributed by atoms with Crippen molar-refractivity contribution in [3.8, 4) is 5.75 Å². The van der Waals surface area contributed by atoms with Crippen LogP contribution < -0.4 is 10.1 Å². The Labute approximate surface area is 247 Å². The van der Waals surface area contributed by atoms with Crippen LogP contribution in [-0.4, -0.2) is 62.5 Å². The molecule has 3 heterocycles. The van der Waals surface area contributed by atoms with E-state index in [9.17, 15) is 14.4 Å². The molecule has 4 aliphatic rings. The number of hydrogen-bond acceptors (Lipinski definition) is 6. The highest BCUT2D eigenvalue weighted by Gasteiger charge is 2.45. The standard InChI is InChI=1S/C33H41ClN2O5/c1-40-29-20-27(28(34)19-25(29)22-37)31(38)35-15-6-3-8-23-9-7-10-26(18-23)33(13-4-2-5-14-33)32(39)41-30-21-36-16-11-24(30)12-17-36/h7,9-10,18-20,22,24,30H,2-6,8,11-17,21H2,1H3,(H,35,38). The van der Waals surface area contributed by atoms with Crippen LogP contribution in [0.15, 0.2) is 36.4 Å². The smallest absolute Gasteiger partial charge is 0.316 e. The number of rotatable bonds is 11. The minimum atomic E-state index is -0.548. The fraction of sp³-hybridized carbons (Fsp3) is 0.545. The van der Waals surface area contributed by atoms with Crippen molar-refractivity contribution in [2.24, 2.45) is 5.92 Å². The first kappa shape index (κ1) is 29.6. The summed E-state index contributed by atoms with van der Waals surface area (Å²) in [4.78, 5) is 40.1. The van der Waals surface area contributed by atoms with Crippen LogP contribution in [0, 0.1) is 5.92 Å². The number of hydrogen-bond donors (Lipinski definition) is 1. The molecule has 3 aliphatic heterocycles. The van der Waals surface area contributed by atoms with E-state index < -0.39 is 5.41 Å². The Morgan fingerprint density at radius 3 is 2.56 bits per heavy atom. The Hall–Kier alpha value is -2.90. The van der Waals surface area contributed by atoms with Crippen molar-refractivity contribution in [3.63, 3.8) is 0 Å². The number of carbonyl (C=O) groups excluding carboxylic acids is 3. The summed E-state index contributed by atoms with van der Waals surface area (Å²) in [6.07, 6.45) is 10.5. The number of methoxy groups -OCH3 is 1. The van der Waals surface area contributed by atoms with E-state index in [4.69, 9.17) is 21.1 Å². The van der Waals surface area contributed by atoms with E-state index in [-0.39, 0.29) is 28.6 Å². The van der Waals surface area contributed by atoms with Gasteiger partial charge >= 0.3 is 5.97 Å². The number of unbranched alkanes of at least 4 members (excludes halogenated alkanes) is 1. The summed E-state index contributed by atoms with van der Waals surface area (Å²) in [5, 5.41) is 3.13. The number of ether oxygens (including phenoxy) is 2. The van der Waals surface area contributed by atoms with Crippen LogP contribution in [0.4, 0.5) is 0 Å². The Morgan fingerprint density at radius 2 is 1.88 bits per heavy atom. The number of aryl methyl sites for hydroxylation is 1. The predicted octanol–water partition coefficient (Wildman–Crippen LogP) is 5.75. The van der Waals surface area contributed by atoms with Crippen LogP contribution in [-0.2, 0) is 21.4 Å². The summed E-state index contributed by atoms with van der Waals surface area (Å²) >= 11 is 6.23. The number of nitrogens with one attached hydrogen (secondary N) is 1. The maximum atomic E-state index is 13.8. The average molecular weight is 581 g/mol. The third-order valence-electron chi connectivity index (χ3n) is 9.30. The van der Waals surface area contributed by atoms with Gasteiger partial charge in [0.1, 0.15) is 11.9 Å². The van der Waals surface area contributed by atoms with Crippen LogP contribution in [0.5, 0.6) is 5.75 Å². The summed E-state index contributed by atoms with van der Waals surface area (Å²) in [5.74, 6) is 0.503. The number of halogens is 1. The van der Waals surface area contributed by atoms with Crippen molar-refractivity contribution in [2.45, 2.75) is 75.7 Å². The van der Waals surface area contributed by atoms with Gasteiger partial charge < -0.3 is 14.8 Å². The van der Waals surface area contributed by atoms with E-state index in [0.717, 1.165) is 83.0 Å². The maximum absolute atomic E-state index is 13.8. The third kappa shape index (κ3) is 6.62. The predicted molar refractivity (Wildman–Crippen MR) is 159 cm³/mol. The molecule has 1 N–H and O–H groups in total. The summed E-state index contributed by atoms with van der Waals surface area (Å²) in [7, 11) is 1.45. The Bertz CT molecular complexity index is 1250. The third-order valence-corrected chi connectivity index (χ3v) is 9.61. The lowest BCUT2D eigenvalue weighted by Crippen LogP contribution is -2.53. The van der Waals surface area contributed by atoms with Crippen molar-refractivity contribution < 1.29 is 23.9 Å². The van der Waals surface area contributed by atoms with Crippen LogP contribution in [0.3, 0.4) is 0 Å². The molecule has 0 spiro atoms. The summed E-state index contributed by atoms with van der Waals surface area (Å²) in [6.45, 7) is 3.65. The lowest BCUT2D eigenvalue weighted by Gasteiger charge is -2.45. The molecule has 220 valence electrons. The molecule has 2 bridgehead atoms. The fourth-order valence-corrected chi connectivity index (χ4v) is 7.11. The van der Waals surface area contributed by atoms with Gasteiger partial charge in [0.25, 0.3) is 5.91 Å². The normalized spacial score (nSPS) is 23.0. The lowest BCUT2D eigenvalue weighted by atomic mass is 9.69. The molecule has 1 amide bonds. The molecular formula is C33H41ClN2O5. The molecule has 1 saturated carbocycles. The second-order valence-corrected chi connectivity index (χ2v) is 12.2. The maximum Gasteiger partial charge on any atom is 0.316 e. The number of carbonyl (C=O) groups is 3. The molecule has 1 aliphatic carbocycles. The fourth-order valence-electron chi connectivity index (χ4n) is 6.85. The summed E-state index contributed by atoms with van der Waals surface area (Å²) in [5.41, 5.74) is 2.33. The van der Waals surface area contributed by atoms with Gasteiger partial charge in [-0.05, 0) is 87.2 Å². The Morgan fingerprint density at radius 1 is 1.10 bits per heavy atom. The van der Waals surface area contributed by atoms with Crippen LogP contribution in [0.2, 0.25) is 5.02 Å². The quantitative estimate of drug-likeness (QED) is 0.207. The van der Waals surface area contributed by atoms with Crippen molar-refractivity contribution in [1.82, 2.24) is 10.2 Å². The van der Waals surface area contributed by atoms with E-state index in [0.29, 0.717) is 30.1 Å². The number of amides is 1. The molecule has 2 aromatic rings. The van der Waals surface area contributed by atoms with Crippen molar-refractivity contribution in [3.05, 3.63) is 63.7 Å². The van der Waals surface area contributed by atoms with Crippen LogP contribution >= 0.6 is 11.6 Å². The molecule has 7 nitrogen and oxygen atoms in total. The highest BCUT2D eigenvalue weighted by molar-refractivity contribution is 6.34. The monoisotopic (exact) mass is 580 g/mol. The van der Waals surface area contributed by atoms with Crippen molar-refractivity contribution >= 4 is 29.8 Å². The van der Waals surface area contributed by atoms with Crippen LogP contribution in [0.1, 0.15) is 89.6 Å². The average Bonchev–Trinajstić information content (AvgIpc) is 3.01. The zero-order chi connectivity index (χ0) is 28.8. The van der Waals surface area contributed by atoms with E-state index in [1.54, 1.807) is 0 Å². The van der Waals surface area contributed by atoms with E-state index in [1.807, 2.05) is 0 Å². The van der Waals surface area contributed by atoms with E-state index >= 15 is 0 Å². The van der Waals surface area contributed by atoms with E-state index in [1.165, 1.54) is 31.2 Å². The zero-order valence-electron chi connectivity index (χ0n) is 24.0. The van der Waals surface area contributed by atoms with Gasteiger partial charge in [0.05, 0.1) is 28.7 Å². The minimum Gasteiger partial charge on any atom is -0.496 e. The van der Waals surface area contributed by atoms with Crippen molar-refractivity contribution in [2.75, 3.05) is 33.3 Å². The number of esters is 1. The molecule has 4 fully saturated rings. The first-order valence-electron chi connectivity index (χ1n) is 15.1. The number of piperidine rings is 3. The molecule has 8 heteroatoms.